The molecule has 5 nitrogen and oxygen atoms in total. The van der Waals surface area contributed by atoms with E-state index in [2.05, 4.69) is 11.7 Å². The van der Waals surface area contributed by atoms with Gasteiger partial charge in [0.2, 0.25) is 0 Å². The van der Waals surface area contributed by atoms with Crippen LogP contribution in [-0.4, -0.2) is 25.7 Å². The Morgan fingerprint density at radius 1 is 0.880 bits per heavy atom. The Bertz CT molecular complexity index is 706. The van der Waals surface area contributed by atoms with E-state index in [9.17, 15) is 9.59 Å². The number of benzene rings is 2. The molecular weight excluding hydrogens is 320 g/mol. The normalized spacial score (nSPS) is 10.2. The number of hydrogen-bond acceptors (Lipinski definition) is 5. The minimum Gasteiger partial charge on any atom is -0.494 e. The summed E-state index contributed by atoms with van der Waals surface area (Å²) in [7, 11) is 1.30. The molecule has 5 heteroatoms. The fourth-order valence-corrected chi connectivity index (χ4v) is 2.20. The van der Waals surface area contributed by atoms with Crippen LogP contribution in [0.2, 0.25) is 0 Å². The van der Waals surface area contributed by atoms with Crippen molar-refractivity contribution in [3.8, 4) is 11.5 Å². The lowest BCUT2D eigenvalue weighted by Crippen LogP contribution is -2.09. The summed E-state index contributed by atoms with van der Waals surface area (Å²) < 4.78 is 15.6. The minimum atomic E-state index is -0.500. The molecule has 0 fully saturated rings. The number of methoxy groups -OCH3 is 1. The molecule has 0 saturated carbocycles. The lowest BCUT2D eigenvalue weighted by atomic mass is 10.2. The van der Waals surface area contributed by atoms with Crippen LogP contribution in [0.3, 0.4) is 0 Å². The van der Waals surface area contributed by atoms with E-state index in [1.54, 1.807) is 42.5 Å². The first-order valence-corrected chi connectivity index (χ1v) is 8.27. The van der Waals surface area contributed by atoms with Crippen molar-refractivity contribution in [2.45, 2.75) is 26.2 Å². The highest BCUT2D eigenvalue weighted by atomic mass is 16.5. The molecule has 2 rings (SSSR count). The zero-order valence-corrected chi connectivity index (χ0v) is 14.5. The number of hydrogen-bond donors (Lipinski definition) is 0. The number of rotatable bonds is 8. The van der Waals surface area contributed by atoms with Gasteiger partial charge in [-0.15, -0.1) is 0 Å². The summed E-state index contributed by atoms with van der Waals surface area (Å²) in [5.41, 5.74) is 0.730. The zero-order valence-electron chi connectivity index (χ0n) is 14.5. The summed E-state index contributed by atoms with van der Waals surface area (Å²) in [4.78, 5) is 23.7. The minimum absolute atomic E-state index is 0.285. The number of esters is 2. The van der Waals surface area contributed by atoms with Crippen LogP contribution in [0.15, 0.2) is 48.5 Å². The molecule has 0 aromatic heterocycles. The van der Waals surface area contributed by atoms with Crippen LogP contribution in [0.4, 0.5) is 0 Å². The van der Waals surface area contributed by atoms with Crippen LogP contribution < -0.4 is 9.47 Å². The largest absolute Gasteiger partial charge is 0.494 e. The molecule has 132 valence electrons. The van der Waals surface area contributed by atoms with Crippen molar-refractivity contribution in [1.82, 2.24) is 0 Å². The molecule has 0 aliphatic heterocycles. The maximum atomic E-state index is 12.2. The Hall–Kier alpha value is -2.82. The lowest BCUT2D eigenvalue weighted by molar-refractivity contribution is 0.0597. The Labute approximate surface area is 147 Å². The fraction of sp³-hybridized carbons (Fsp3) is 0.300. The molecule has 0 unspecified atom stereocenters. The standard InChI is InChI=1S/C20H22O5/c1-3-4-5-13-24-17-11-9-15(10-12-17)20(22)25-18-8-6-7-16(14-18)19(21)23-2/h6-12,14H,3-5,13H2,1-2H3. The predicted molar refractivity (Wildman–Crippen MR) is 94.2 cm³/mol. The monoisotopic (exact) mass is 342 g/mol. The van der Waals surface area contributed by atoms with Crippen LogP contribution >= 0.6 is 0 Å². The quantitative estimate of drug-likeness (QED) is 0.407. The van der Waals surface area contributed by atoms with E-state index in [1.807, 2.05) is 0 Å². The number of carbonyl (C=O) groups is 2. The summed E-state index contributed by atoms with van der Waals surface area (Å²) in [5.74, 6) is 0.0233. The van der Waals surface area contributed by atoms with Gasteiger partial charge in [-0.25, -0.2) is 9.59 Å². The third kappa shape index (κ3) is 5.64. The van der Waals surface area contributed by atoms with Gasteiger partial charge in [0.05, 0.1) is 24.8 Å². The number of carbonyl (C=O) groups excluding carboxylic acids is 2. The Morgan fingerprint density at radius 2 is 1.64 bits per heavy atom. The lowest BCUT2D eigenvalue weighted by Gasteiger charge is -2.08. The smallest absolute Gasteiger partial charge is 0.343 e. The van der Waals surface area contributed by atoms with Gasteiger partial charge in [0.25, 0.3) is 0 Å². The van der Waals surface area contributed by atoms with E-state index in [1.165, 1.54) is 13.2 Å². The van der Waals surface area contributed by atoms with E-state index in [0.29, 0.717) is 17.7 Å². The van der Waals surface area contributed by atoms with Gasteiger partial charge >= 0.3 is 11.9 Å². The van der Waals surface area contributed by atoms with Crippen molar-refractivity contribution in [3.63, 3.8) is 0 Å². The summed E-state index contributed by atoms with van der Waals surface area (Å²) in [6.45, 7) is 2.80. The SMILES string of the molecule is CCCCCOc1ccc(C(=O)Oc2cccc(C(=O)OC)c2)cc1. The maximum Gasteiger partial charge on any atom is 0.343 e. The van der Waals surface area contributed by atoms with Gasteiger partial charge in [-0.2, -0.15) is 0 Å². The van der Waals surface area contributed by atoms with Gasteiger partial charge in [0, 0.05) is 0 Å². The Morgan fingerprint density at radius 3 is 2.32 bits per heavy atom. The molecule has 0 aliphatic carbocycles. The third-order valence-corrected chi connectivity index (χ3v) is 3.57. The highest BCUT2D eigenvalue weighted by molar-refractivity contribution is 5.92. The van der Waals surface area contributed by atoms with E-state index < -0.39 is 11.9 Å². The van der Waals surface area contributed by atoms with Crippen LogP contribution in [0.5, 0.6) is 11.5 Å². The second kappa shape index (κ2) is 9.47. The van der Waals surface area contributed by atoms with Crippen LogP contribution in [0.1, 0.15) is 46.9 Å². The van der Waals surface area contributed by atoms with E-state index in [-0.39, 0.29) is 5.75 Å². The van der Waals surface area contributed by atoms with Crippen molar-refractivity contribution in [2.24, 2.45) is 0 Å². The molecule has 25 heavy (non-hydrogen) atoms. The predicted octanol–water partition coefficient (Wildman–Crippen LogP) is 4.26. The van der Waals surface area contributed by atoms with Crippen molar-refractivity contribution < 1.29 is 23.8 Å². The fourth-order valence-electron chi connectivity index (χ4n) is 2.20. The van der Waals surface area contributed by atoms with Crippen LogP contribution in [0.25, 0.3) is 0 Å². The van der Waals surface area contributed by atoms with E-state index in [0.717, 1.165) is 25.0 Å². The van der Waals surface area contributed by atoms with Crippen LogP contribution in [-0.2, 0) is 4.74 Å². The molecule has 0 spiro atoms. The third-order valence-electron chi connectivity index (χ3n) is 3.57. The molecular formula is C20H22O5. The first-order chi connectivity index (χ1) is 12.1. The van der Waals surface area contributed by atoms with Crippen molar-refractivity contribution >= 4 is 11.9 Å². The Balaban J connectivity index is 1.95. The summed E-state index contributed by atoms with van der Waals surface area (Å²) in [5, 5.41) is 0. The molecule has 0 heterocycles. The second-order valence-electron chi connectivity index (χ2n) is 5.49. The molecule has 0 atom stereocenters. The molecule has 0 bridgehead atoms. The number of ether oxygens (including phenoxy) is 3. The molecule has 0 N–H and O–H groups in total. The second-order valence-corrected chi connectivity index (χ2v) is 5.49. The highest BCUT2D eigenvalue weighted by Gasteiger charge is 2.11. The maximum absolute atomic E-state index is 12.2. The average Bonchev–Trinajstić information content (AvgIpc) is 2.65. The average molecular weight is 342 g/mol. The van der Waals surface area contributed by atoms with E-state index >= 15 is 0 Å². The molecule has 0 amide bonds. The topological polar surface area (TPSA) is 61.8 Å². The molecule has 2 aromatic carbocycles. The van der Waals surface area contributed by atoms with Crippen LogP contribution in [0, 0.1) is 0 Å². The van der Waals surface area contributed by atoms with Crippen molar-refractivity contribution in [3.05, 3.63) is 59.7 Å². The summed E-state index contributed by atoms with van der Waals surface area (Å²) >= 11 is 0. The summed E-state index contributed by atoms with van der Waals surface area (Å²) in [6.07, 6.45) is 3.29. The summed E-state index contributed by atoms with van der Waals surface area (Å²) in [6, 6.07) is 13.1. The molecule has 0 saturated heterocycles. The number of unbranched alkanes of at least 4 members (excludes halogenated alkanes) is 2. The first-order valence-electron chi connectivity index (χ1n) is 8.27. The van der Waals surface area contributed by atoms with Gasteiger partial charge in [-0.3, -0.25) is 0 Å². The van der Waals surface area contributed by atoms with Crippen molar-refractivity contribution in [1.29, 1.82) is 0 Å². The molecule has 2 aromatic rings. The molecule has 0 radical (unpaired) electrons. The van der Waals surface area contributed by atoms with Gasteiger partial charge in [-0.05, 0) is 48.9 Å². The van der Waals surface area contributed by atoms with Gasteiger partial charge in [-0.1, -0.05) is 25.8 Å². The Kier molecular flexibility index (Phi) is 7.01. The van der Waals surface area contributed by atoms with Gasteiger partial charge in [0.15, 0.2) is 0 Å². The first kappa shape index (κ1) is 18.5. The van der Waals surface area contributed by atoms with Crippen molar-refractivity contribution in [2.75, 3.05) is 13.7 Å². The zero-order chi connectivity index (χ0) is 18.1. The molecule has 0 aliphatic rings. The van der Waals surface area contributed by atoms with Gasteiger partial charge in [0.1, 0.15) is 11.5 Å². The van der Waals surface area contributed by atoms with Gasteiger partial charge < -0.3 is 14.2 Å². The van der Waals surface area contributed by atoms with E-state index in [4.69, 9.17) is 9.47 Å². The highest BCUT2D eigenvalue weighted by Crippen LogP contribution is 2.18.